The molecular formula is C25H22N8O3S. The van der Waals surface area contributed by atoms with E-state index in [9.17, 15) is 4.79 Å². The van der Waals surface area contributed by atoms with E-state index in [1.165, 1.54) is 18.1 Å². The third-order valence-electron chi connectivity index (χ3n) is 5.41. The second-order valence-corrected chi connectivity index (χ2v) is 8.77. The average molecular weight is 515 g/mol. The van der Waals surface area contributed by atoms with Gasteiger partial charge in [0.05, 0.1) is 42.3 Å². The Morgan fingerprint density at radius 3 is 2.62 bits per heavy atom. The Morgan fingerprint density at radius 1 is 1.08 bits per heavy atom. The van der Waals surface area contributed by atoms with E-state index in [1.807, 2.05) is 43.3 Å². The number of rotatable bonds is 7. The minimum atomic E-state index is -0.259. The van der Waals surface area contributed by atoms with Crippen molar-refractivity contribution in [2.24, 2.45) is 10.2 Å². The van der Waals surface area contributed by atoms with Crippen LogP contribution in [0.3, 0.4) is 0 Å². The summed E-state index contributed by atoms with van der Waals surface area (Å²) in [4.78, 5) is 17.1. The number of benzene rings is 2. The third-order valence-corrected chi connectivity index (χ3v) is 6.31. The van der Waals surface area contributed by atoms with Crippen LogP contribution in [0.5, 0.6) is 11.5 Å². The topological polar surface area (TPSA) is 121 Å². The Bertz CT molecular complexity index is 1530. The molecule has 1 aliphatic heterocycles. The van der Waals surface area contributed by atoms with E-state index in [4.69, 9.17) is 9.47 Å². The number of ether oxygens (including phenoxy) is 2. The molecule has 1 amide bonds. The summed E-state index contributed by atoms with van der Waals surface area (Å²) in [6, 6.07) is 15.1. The van der Waals surface area contributed by atoms with Gasteiger partial charge in [-0.15, -0.1) is 5.10 Å². The third kappa shape index (κ3) is 5.00. The molecule has 186 valence electrons. The Kier molecular flexibility index (Phi) is 6.81. The molecule has 0 spiro atoms. The molecule has 1 aliphatic rings. The highest BCUT2D eigenvalue weighted by Crippen LogP contribution is 2.31. The van der Waals surface area contributed by atoms with Gasteiger partial charge in [-0.25, -0.2) is 14.3 Å². The first-order chi connectivity index (χ1) is 18.1. The van der Waals surface area contributed by atoms with Gasteiger partial charge < -0.3 is 9.47 Å². The van der Waals surface area contributed by atoms with Crippen LogP contribution in [-0.4, -0.2) is 56.1 Å². The van der Waals surface area contributed by atoms with Gasteiger partial charge in [0.2, 0.25) is 0 Å². The summed E-state index contributed by atoms with van der Waals surface area (Å²) in [5, 5.41) is 20.5. The molecule has 0 radical (unpaired) electrons. The monoisotopic (exact) mass is 514 g/mol. The van der Waals surface area contributed by atoms with Gasteiger partial charge in [0.1, 0.15) is 12.7 Å². The Labute approximate surface area is 216 Å². The average Bonchev–Trinajstić information content (AvgIpc) is 3.64. The zero-order valence-electron chi connectivity index (χ0n) is 20.2. The van der Waals surface area contributed by atoms with Crippen molar-refractivity contribution in [3.63, 3.8) is 0 Å². The zero-order chi connectivity index (χ0) is 25.8. The number of carbonyl (C=O) groups excluding carboxylic acids is 1. The highest BCUT2D eigenvalue weighted by Gasteiger charge is 2.24. The maximum absolute atomic E-state index is 12.5. The van der Waals surface area contributed by atoms with Crippen molar-refractivity contribution in [2.75, 3.05) is 14.2 Å². The fourth-order valence-corrected chi connectivity index (χ4v) is 4.45. The lowest BCUT2D eigenvalue weighted by Gasteiger charge is -2.07. The molecule has 2 aromatic heterocycles. The quantitative estimate of drug-likeness (QED) is 0.228. The van der Waals surface area contributed by atoms with Crippen LogP contribution in [0.25, 0.3) is 17.6 Å². The molecule has 11 nitrogen and oxygen atoms in total. The second kappa shape index (κ2) is 10.5. The molecule has 3 heterocycles. The molecule has 1 saturated heterocycles. The van der Waals surface area contributed by atoms with E-state index in [0.29, 0.717) is 33.0 Å². The number of aryl methyl sites for hydroxylation is 1. The smallest absolute Gasteiger partial charge is 0.264 e. The highest BCUT2D eigenvalue weighted by atomic mass is 32.2. The standard InChI is InChI=1S/C25H22N8O3S/c1-16-19(24(32-15-26-14-28-32)33(31-16)18-7-5-4-6-8-18)13-27-30-25-29-23(34)22(37-25)12-17-9-10-20(35-2)21(11-17)36-3/h4-15H,1-3H3,(H,29,30,34). The summed E-state index contributed by atoms with van der Waals surface area (Å²) in [5.41, 5.74) is 3.11. The molecule has 5 rings (SSSR count). The van der Waals surface area contributed by atoms with Crippen molar-refractivity contribution in [1.82, 2.24) is 29.9 Å². The zero-order valence-corrected chi connectivity index (χ0v) is 21.0. The fourth-order valence-electron chi connectivity index (χ4n) is 3.67. The van der Waals surface area contributed by atoms with Crippen LogP contribution in [-0.2, 0) is 4.79 Å². The predicted octanol–water partition coefficient (Wildman–Crippen LogP) is 3.37. The van der Waals surface area contributed by atoms with Crippen LogP contribution in [0.2, 0.25) is 0 Å². The molecule has 0 saturated carbocycles. The van der Waals surface area contributed by atoms with E-state index in [0.717, 1.165) is 16.9 Å². The molecule has 0 unspecified atom stereocenters. The molecular weight excluding hydrogens is 492 g/mol. The normalized spacial score (nSPS) is 15.6. The first-order valence-corrected chi connectivity index (χ1v) is 11.9. The summed E-state index contributed by atoms with van der Waals surface area (Å²) < 4.78 is 14.0. The Hall–Kier alpha value is -4.71. The number of carbonyl (C=O) groups is 1. The second-order valence-electron chi connectivity index (χ2n) is 7.74. The summed E-state index contributed by atoms with van der Waals surface area (Å²) in [6.07, 6.45) is 6.40. The van der Waals surface area contributed by atoms with Crippen LogP contribution in [0.4, 0.5) is 0 Å². The van der Waals surface area contributed by atoms with Gasteiger partial charge in [-0.3, -0.25) is 10.1 Å². The molecule has 1 fully saturated rings. The van der Waals surface area contributed by atoms with Crippen LogP contribution in [0, 0.1) is 6.92 Å². The van der Waals surface area contributed by atoms with Crippen LogP contribution >= 0.6 is 11.8 Å². The molecule has 1 N–H and O–H groups in total. The lowest BCUT2D eigenvalue weighted by Crippen LogP contribution is -2.19. The number of hydrogen-bond donors (Lipinski definition) is 1. The first kappa shape index (κ1) is 24.0. The molecule has 0 aliphatic carbocycles. The first-order valence-electron chi connectivity index (χ1n) is 11.1. The summed E-state index contributed by atoms with van der Waals surface area (Å²) in [5.74, 6) is 1.60. The summed E-state index contributed by atoms with van der Waals surface area (Å²) >= 11 is 1.20. The molecule has 2 aromatic carbocycles. The number of nitrogens with zero attached hydrogens (tertiary/aromatic N) is 7. The van der Waals surface area contributed by atoms with Crippen molar-refractivity contribution >= 4 is 35.1 Å². The van der Waals surface area contributed by atoms with Crippen molar-refractivity contribution < 1.29 is 14.3 Å². The van der Waals surface area contributed by atoms with Gasteiger partial charge >= 0.3 is 0 Å². The van der Waals surface area contributed by atoms with Crippen molar-refractivity contribution in [3.05, 3.63) is 82.9 Å². The number of methoxy groups -OCH3 is 2. The van der Waals surface area contributed by atoms with Crippen LogP contribution < -0.4 is 14.8 Å². The highest BCUT2D eigenvalue weighted by molar-refractivity contribution is 8.18. The Morgan fingerprint density at radius 2 is 1.89 bits per heavy atom. The van der Waals surface area contributed by atoms with Gasteiger partial charge in [-0.2, -0.15) is 15.3 Å². The van der Waals surface area contributed by atoms with Crippen molar-refractivity contribution in [1.29, 1.82) is 0 Å². The van der Waals surface area contributed by atoms with E-state index < -0.39 is 0 Å². The van der Waals surface area contributed by atoms with Crippen molar-refractivity contribution in [3.8, 4) is 23.0 Å². The minimum absolute atomic E-state index is 0.259. The lowest BCUT2D eigenvalue weighted by atomic mass is 10.2. The van der Waals surface area contributed by atoms with Crippen LogP contribution in [0.1, 0.15) is 16.8 Å². The van der Waals surface area contributed by atoms with Crippen molar-refractivity contribution in [2.45, 2.75) is 6.92 Å². The maximum atomic E-state index is 12.5. The van der Waals surface area contributed by atoms with Gasteiger partial charge in [0.25, 0.3) is 5.91 Å². The van der Waals surface area contributed by atoms with E-state index in [1.54, 1.807) is 54.3 Å². The lowest BCUT2D eigenvalue weighted by molar-refractivity contribution is -0.115. The molecule has 12 heteroatoms. The number of para-hydroxylation sites is 1. The molecule has 37 heavy (non-hydrogen) atoms. The Balaban J connectivity index is 1.41. The van der Waals surface area contributed by atoms with E-state index >= 15 is 0 Å². The number of aromatic nitrogens is 5. The fraction of sp³-hybridized carbons (Fsp3) is 0.120. The number of hydrogen-bond acceptors (Lipinski definition) is 9. The van der Waals surface area contributed by atoms with Gasteiger partial charge in [0, 0.05) is 0 Å². The SMILES string of the molecule is COc1ccc(C=C2S/C(=N\N=Cc3c(C)nn(-c4ccccc4)c3-n3cncn3)NC2=O)cc1OC. The number of amides is 1. The number of nitrogens with one attached hydrogen (secondary N) is 1. The van der Waals surface area contributed by atoms with E-state index in [-0.39, 0.29) is 5.91 Å². The molecule has 0 bridgehead atoms. The van der Waals surface area contributed by atoms with E-state index in [2.05, 4.69) is 30.7 Å². The van der Waals surface area contributed by atoms with Gasteiger partial charge in [-0.05, 0) is 54.6 Å². The number of amidine groups is 1. The van der Waals surface area contributed by atoms with Gasteiger partial charge in [0.15, 0.2) is 22.5 Å². The minimum Gasteiger partial charge on any atom is -0.493 e. The molecule has 0 atom stereocenters. The predicted molar refractivity (Wildman–Crippen MR) is 142 cm³/mol. The largest absolute Gasteiger partial charge is 0.493 e. The summed E-state index contributed by atoms with van der Waals surface area (Å²) in [7, 11) is 3.14. The van der Waals surface area contributed by atoms with Gasteiger partial charge in [-0.1, -0.05) is 24.3 Å². The summed E-state index contributed by atoms with van der Waals surface area (Å²) in [6.45, 7) is 1.88. The number of thioether (sulfide) groups is 1. The van der Waals surface area contributed by atoms with Crippen LogP contribution in [0.15, 0.2) is 76.3 Å². The maximum Gasteiger partial charge on any atom is 0.264 e. The molecule has 4 aromatic rings.